The van der Waals surface area contributed by atoms with Crippen LogP contribution in [0.25, 0.3) is 10.1 Å². The Morgan fingerprint density at radius 2 is 2.29 bits per heavy atom. The minimum Gasteiger partial charge on any atom is -0.330 e. The van der Waals surface area contributed by atoms with Gasteiger partial charge in [0, 0.05) is 14.6 Å². The Morgan fingerprint density at radius 1 is 1.50 bits per heavy atom. The Morgan fingerprint density at radius 3 is 3.00 bits per heavy atom. The number of hydrogen-bond donors (Lipinski definition) is 1. The van der Waals surface area contributed by atoms with Crippen LogP contribution in [-0.4, -0.2) is 6.54 Å². The smallest absolute Gasteiger partial charge is 0.0357 e. The minimum absolute atomic E-state index is 0.433. The van der Waals surface area contributed by atoms with Crippen molar-refractivity contribution < 1.29 is 0 Å². The van der Waals surface area contributed by atoms with E-state index in [1.165, 1.54) is 20.1 Å². The van der Waals surface area contributed by atoms with E-state index in [9.17, 15) is 0 Å². The van der Waals surface area contributed by atoms with Crippen molar-refractivity contribution in [3.8, 4) is 0 Å². The van der Waals surface area contributed by atoms with E-state index < -0.39 is 0 Å². The highest BCUT2D eigenvalue weighted by molar-refractivity contribution is 9.10. The van der Waals surface area contributed by atoms with Crippen molar-refractivity contribution in [1.29, 1.82) is 0 Å². The number of fused-ring (bicyclic) bond motifs is 1. The number of nitrogens with two attached hydrogens (primary N) is 1. The quantitative estimate of drug-likeness (QED) is 0.884. The molecule has 1 aromatic carbocycles. The van der Waals surface area contributed by atoms with Crippen molar-refractivity contribution >= 4 is 37.4 Å². The van der Waals surface area contributed by atoms with Crippen LogP contribution in [0.2, 0.25) is 0 Å². The van der Waals surface area contributed by atoms with Crippen LogP contribution in [0.3, 0.4) is 0 Å². The van der Waals surface area contributed by atoms with Gasteiger partial charge in [0.05, 0.1) is 0 Å². The highest BCUT2D eigenvalue weighted by Crippen LogP contribution is 2.35. The molecule has 1 aromatic heterocycles. The summed E-state index contributed by atoms with van der Waals surface area (Å²) in [6.45, 7) is 2.87. The fourth-order valence-corrected chi connectivity index (χ4v) is 3.39. The third-order valence-corrected chi connectivity index (χ3v) is 4.09. The lowest BCUT2D eigenvalue weighted by Gasteiger charge is -2.07. The number of benzene rings is 1. The molecule has 1 heterocycles. The van der Waals surface area contributed by atoms with E-state index in [-0.39, 0.29) is 0 Å². The van der Waals surface area contributed by atoms with Crippen molar-refractivity contribution in [2.24, 2.45) is 5.73 Å². The number of thiophene rings is 1. The molecule has 2 N–H and O–H groups in total. The highest BCUT2D eigenvalue weighted by Gasteiger charge is 2.11. The summed E-state index contributed by atoms with van der Waals surface area (Å²) in [5.74, 6) is 0.433. The molecule has 3 heteroatoms. The third-order valence-electron chi connectivity index (χ3n) is 2.46. The second-order valence-corrected chi connectivity index (χ2v) is 5.21. The Balaban J connectivity index is 2.67. The average molecular weight is 270 g/mol. The second-order valence-electron chi connectivity index (χ2n) is 3.44. The van der Waals surface area contributed by atoms with Crippen molar-refractivity contribution in [2.45, 2.75) is 12.8 Å². The van der Waals surface area contributed by atoms with E-state index in [0.29, 0.717) is 12.5 Å². The summed E-state index contributed by atoms with van der Waals surface area (Å²) in [5.41, 5.74) is 7.05. The van der Waals surface area contributed by atoms with Crippen molar-refractivity contribution in [3.63, 3.8) is 0 Å². The van der Waals surface area contributed by atoms with E-state index in [4.69, 9.17) is 5.73 Å². The summed E-state index contributed by atoms with van der Waals surface area (Å²) >= 11 is 5.38. The van der Waals surface area contributed by atoms with Crippen molar-refractivity contribution in [3.05, 3.63) is 33.6 Å². The Hall–Kier alpha value is -0.380. The summed E-state index contributed by atoms with van der Waals surface area (Å²) in [6, 6.07) is 6.30. The molecule has 0 saturated carbocycles. The van der Waals surface area contributed by atoms with Crippen LogP contribution in [0, 0.1) is 0 Å². The summed E-state index contributed by atoms with van der Waals surface area (Å²) < 4.78 is 2.50. The van der Waals surface area contributed by atoms with Gasteiger partial charge in [0.25, 0.3) is 0 Å². The molecule has 74 valence electrons. The van der Waals surface area contributed by atoms with Gasteiger partial charge in [-0.1, -0.05) is 28.9 Å². The molecule has 0 bridgehead atoms. The van der Waals surface area contributed by atoms with E-state index in [0.717, 1.165) is 0 Å². The molecule has 0 aliphatic carbocycles. The molecule has 2 rings (SSSR count). The maximum atomic E-state index is 5.69. The molecule has 0 saturated heterocycles. The topological polar surface area (TPSA) is 26.0 Å². The third kappa shape index (κ3) is 1.60. The van der Waals surface area contributed by atoms with Crippen molar-refractivity contribution in [1.82, 2.24) is 0 Å². The van der Waals surface area contributed by atoms with Gasteiger partial charge in [-0.15, -0.1) is 11.3 Å². The fourth-order valence-electron chi connectivity index (χ4n) is 1.56. The molecular weight excluding hydrogens is 258 g/mol. The largest absolute Gasteiger partial charge is 0.330 e. The van der Waals surface area contributed by atoms with Crippen LogP contribution in [-0.2, 0) is 0 Å². The Labute approximate surface area is 96.1 Å². The van der Waals surface area contributed by atoms with Crippen LogP contribution < -0.4 is 5.73 Å². The molecule has 0 spiro atoms. The zero-order valence-electron chi connectivity index (χ0n) is 7.96. The van der Waals surface area contributed by atoms with Crippen LogP contribution in [0.1, 0.15) is 18.4 Å². The van der Waals surface area contributed by atoms with Gasteiger partial charge < -0.3 is 5.73 Å². The predicted molar refractivity (Wildman–Crippen MR) is 67.0 cm³/mol. The number of hydrogen-bond acceptors (Lipinski definition) is 2. The first-order valence-corrected chi connectivity index (χ1v) is 6.27. The summed E-state index contributed by atoms with van der Waals surface area (Å²) in [6.07, 6.45) is 0. The lowest BCUT2D eigenvalue weighted by atomic mass is 10.0. The standard InChI is InChI=1S/C11H12BrNS/c1-7(5-13)8-6-14-10-4-2-3-9(12)11(8)10/h2-4,6-7H,5,13H2,1H3. The highest BCUT2D eigenvalue weighted by atomic mass is 79.9. The number of rotatable bonds is 2. The van der Waals surface area contributed by atoms with Gasteiger partial charge in [-0.25, -0.2) is 0 Å². The van der Waals surface area contributed by atoms with Crippen LogP contribution >= 0.6 is 27.3 Å². The van der Waals surface area contributed by atoms with Crippen LogP contribution in [0.5, 0.6) is 0 Å². The molecule has 0 radical (unpaired) electrons. The Kier molecular flexibility index (Phi) is 2.91. The van der Waals surface area contributed by atoms with E-state index in [2.05, 4.69) is 46.4 Å². The molecule has 1 nitrogen and oxygen atoms in total. The van der Waals surface area contributed by atoms with Crippen molar-refractivity contribution in [2.75, 3.05) is 6.54 Å². The minimum atomic E-state index is 0.433. The zero-order valence-corrected chi connectivity index (χ0v) is 10.4. The molecule has 0 amide bonds. The maximum absolute atomic E-state index is 5.69. The summed E-state index contributed by atoms with van der Waals surface area (Å²) in [7, 11) is 0. The lowest BCUT2D eigenvalue weighted by molar-refractivity contribution is 0.783. The molecule has 0 fully saturated rings. The average Bonchev–Trinajstić information content (AvgIpc) is 2.62. The van der Waals surface area contributed by atoms with Gasteiger partial charge >= 0.3 is 0 Å². The molecule has 2 aromatic rings. The van der Waals surface area contributed by atoms with Gasteiger partial charge in [0.2, 0.25) is 0 Å². The first-order chi connectivity index (χ1) is 6.74. The van der Waals surface area contributed by atoms with E-state index >= 15 is 0 Å². The molecule has 0 aliphatic heterocycles. The van der Waals surface area contributed by atoms with E-state index in [1.54, 1.807) is 11.3 Å². The van der Waals surface area contributed by atoms with E-state index in [1.807, 2.05) is 0 Å². The predicted octanol–water partition coefficient (Wildman–Crippen LogP) is 3.73. The molecular formula is C11H12BrNS. The summed E-state index contributed by atoms with van der Waals surface area (Å²) in [4.78, 5) is 0. The molecule has 14 heavy (non-hydrogen) atoms. The maximum Gasteiger partial charge on any atom is 0.0357 e. The normalized spacial score (nSPS) is 13.4. The molecule has 1 unspecified atom stereocenters. The molecule has 0 aliphatic rings. The fraction of sp³-hybridized carbons (Fsp3) is 0.273. The Bertz CT molecular complexity index is 449. The lowest BCUT2D eigenvalue weighted by Crippen LogP contribution is -2.08. The van der Waals surface area contributed by atoms with Gasteiger partial charge in [-0.2, -0.15) is 0 Å². The molecule has 1 atom stereocenters. The summed E-state index contributed by atoms with van der Waals surface area (Å²) in [5, 5.41) is 3.54. The van der Waals surface area contributed by atoms with Crippen LogP contribution in [0.4, 0.5) is 0 Å². The second kappa shape index (κ2) is 4.01. The zero-order chi connectivity index (χ0) is 10.1. The van der Waals surface area contributed by atoms with Gasteiger partial charge in [-0.05, 0) is 35.5 Å². The first kappa shape index (κ1) is 10.1. The SMILES string of the molecule is CC(CN)c1csc2cccc(Br)c12. The first-order valence-electron chi connectivity index (χ1n) is 4.59. The van der Waals surface area contributed by atoms with Crippen LogP contribution in [0.15, 0.2) is 28.1 Å². The monoisotopic (exact) mass is 269 g/mol. The van der Waals surface area contributed by atoms with Gasteiger partial charge in [0.15, 0.2) is 0 Å². The number of halogens is 1. The van der Waals surface area contributed by atoms with Gasteiger partial charge in [-0.3, -0.25) is 0 Å². The van der Waals surface area contributed by atoms with Gasteiger partial charge in [0.1, 0.15) is 0 Å².